The van der Waals surface area contributed by atoms with E-state index in [1.165, 1.54) is 0 Å². The van der Waals surface area contributed by atoms with Crippen LogP contribution in [0.15, 0.2) is 0 Å². The van der Waals surface area contributed by atoms with Gasteiger partial charge in [0.1, 0.15) is 0 Å². The molecule has 0 heterocycles. The topological polar surface area (TPSA) is 185 Å². The first-order valence-electron chi connectivity index (χ1n) is 8.16. The zero-order valence-electron chi connectivity index (χ0n) is 18.7. The van der Waals surface area contributed by atoms with Gasteiger partial charge in [-0.05, 0) is 0 Å². The van der Waals surface area contributed by atoms with Crippen molar-refractivity contribution in [2.24, 2.45) is 0 Å². The summed E-state index contributed by atoms with van der Waals surface area (Å²) in [4.78, 5) is 0. The first kappa shape index (κ1) is 44.8. The predicted molar refractivity (Wildman–Crippen MR) is 143 cm³/mol. The highest BCUT2D eigenvalue weighted by Crippen LogP contribution is 1.81. The van der Waals surface area contributed by atoms with Gasteiger partial charge in [0.2, 0.25) is 21.0 Å². The van der Waals surface area contributed by atoms with Crippen molar-refractivity contribution in [3.8, 4) is 0 Å². The molecule has 0 aliphatic rings. The van der Waals surface area contributed by atoms with Crippen LogP contribution >= 0.6 is 0 Å². The van der Waals surface area contributed by atoms with Crippen LogP contribution < -0.4 is 0 Å². The molecule has 0 aliphatic carbocycles. The molecule has 0 aromatic rings. The average Bonchev–Trinajstić information content (AvgIpc) is 2.98. The van der Waals surface area contributed by atoms with Crippen LogP contribution in [0.3, 0.4) is 0 Å². The van der Waals surface area contributed by atoms with Crippen molar-refractivity contribution >= 4 is 211 Å². The molecule has 0 N–H and O–H groups in total. The van der Waals surface area contributed by atoms with E-state index in [0.29, 0.717) is 0 Å². The molecule has 41 heavy (non-hydrogen) atoms. The highest BCUT2D eigenvalue weighted by Gasteiger charge is 2.07. The SMILES string of the molecule is [Si]O[Si]O[Si]O[Si]O[Si]O[Si]O[Si]O[Si]O[Si]O[Si]O[Si]O[Si]O[Si]O[Si]O[Si]O[Si]O[Si]O[Si]O[Si]O[Si]O[Si]. The van der Waals surface area contributed by atoms with Crippen molar-refractivity contribution in [2.45, 2.75) is 0 Å². The fourth-order valence-corrected chi connectivity index (χ4v) is 13.4. The zero-order valence-corrected chi connectivity index (χ0v) is 39.7. The third-order valence-corrected chi connectivity index (χ3v) is 14.3. The monoisotopic (exact) mass is 907 g/mol. The smallest absolute Gasteiger partial charge is 0.412 e. The van der Waals surface area contributed by atoms with Gasteiger partial charge in [-0.25, -0.2) is 0 Å². The summed E-state index contributed by atoms with van der Waals surface area (Å²) < 4.78 is 100. The minimum absolute atomic E-state index is 0.135. The second-order valence-corrected chi connectivity index (χ2v) is 23.1. The Morgan fingerprint density at radius 2 is 0.268 bits per heavy atom. The van der Waals surface area contributed by atoms with E-state index in [2.05, 4.69) is 29.2 Å². The van der Waals surface area contributed by atoms with Gasteiger partial charge in [0, 0.05) is 0 Å². The summed E-state index contributed by atoms with van der Waals surface area (Å²) in [6, 6.07) is 0. The van der Waals surface area contributed by atoms with E-state index in [9.17, 15) is 0 Å². The van der Waals surface area contributed by atoms with Crippen molar-refractivity contribution in [3.05, 3.63) is 0 Å². The lowest BCUT2D eigenvalue weighted by Gasteiger charge is -2.04. The van der Waals surface area contributed by atoms with E-state index in [1.807, 2.05) is 0 Å². The lowest BCUT2D eigenvalue weighted by atomic mass is 15.7. The van der Waals surface area contributed by atoms with E-state index in [0.717, 1.165) is 0 Å². The maximum atomic E-state index is 5.13. The van der Waals surface area contributed by atoms with Crippen LogP contribution in [0.1, 0.15) is 0 Å². The van der Waals surface area contributed by atoms with Gasteiger partial charge in [-0.2, -0.15) is 0 Å². The Kier molecular flexibility index (Phi) is 47.8. The number of hydrogen-bond acceptors (Lipinski definition) is 20. The summed E-state index contributed by atoms with van der Waals surface area (Å²) in [5.74, 6) is 0. The normalized spacial score (nSPS) is 11.6. The molecule has 0 aliphatic heterocycles. The molecule has 0 fully saturated rings. The molecule has 20 nitrogen and oxygen atoms in total. The van der Waals surface area contributed by atoms with Gasteiger partial charge < -0.3 is 82.3 Å². The largest absolute Gasteiger partial charge is 0.435 e. The molecule has 0 saturated heterocycles. The molecule has 0 spiro atoms. The van der Waals surface area contributed by atoms with E-state index in [-0.39, 0.29) is 190 Å². The molecule has 0 aromatic carbocycles. The van der Waals surface area contributed by atoms with Crippen LogP contribution in [-0.4, -0.2) is 211 Å². The summed E-state index contributed by atoms with van der Waals surface area (Å²) >= 11 is 0. The van der Waals surface area contributed by atoms with Crippen molar-refractivity contribution < 1.29 is 82.3 Å². The second kappa shape index (κ2) is 43.8. The average molecular weight is 910 g/mol. The minimum Gasteiger partial charge on any atom is -0.435 e. The van der Waals surface area contributed by atoms with E-state index < -0.39 is 0 Å². The van der Waals surface area contributed by atoms with Crippen LogP contribution in [0.25, 0.3) is 0 Å². The maximum Gasteiger partial charge on any atom is 0.412 e. The summed E-state index contributed by atoms with van der Waals surface area (Å²) in [6.45, 7) is 0. The third kappa shape index (κ3) is 43.8. The summed E-state index contributed by atoms with van der Waals surface area (Å²) in [5.41, 5.74) is 0. The lowest BCUT2D eigenvalue weighted by molar-refractivity contribution is 0.355. The third-order valence-electron chi connectivity index (χ3n) is 1.58. The van der Waals surface area contributed by atoms with Crippen LogP contribution in [0.2, 0.25) is 0 Å². The molecule has 41 heteroatoms. The molecule has 204 valence electrons. The van der Waals surface area contributed by atoms with Crippen LogP contribution in [0.4, 0.5) is 0 Å². The minimum atomic E-state index is -0.253. The Labute approximate surface area is 291 Å². The summed E-state index contributed by atoms with van der Waals surface area (Å²) in [5, 5.41) is 0. The standard InChI is InChI=1S/O20Si21/c21-1-23-3-25-5-27-7-29-9-31-11-33-13-35-15-37-17-39-19-41-20-40-18-38-16-36-14-34-12-32-10-30-8-28-6-26-4-24-2-22. The van der Waals surface area contributed by atoms with Crippen molar-refractivity contribution in [3.63, 3.8) is 0 Å². The Morgan fingerprint density at radius 1 is 0.171 bits per heavy atom. The quantitative estimate of drug-likeness (QED) is 0.0420. The Hall–Kier alpha value is 3.75. The number of hydrogen-bond donors (Lipinski definition) is 0. The van der Waals surface area contributed by atoms with Gasteiger partial charge in [0.05, 0.1) is 0 Å². The zero-order chi connectivity index (χ0) is 29.6. The molecule has 0 amide bonds. The Balaban J connectivity index is 3.02. The van der Waals surface area contributed by atoms with Crippen LogP contribution in [0.5, 0.6) is 0 Å². The van der Waals surface area contributed by atoms with Crippen molar-refractivity contribution in [1.29, 1.82) is 0 Å². The molecule has 0 saturated carbocycles. The maximum absolute atomic E-state index is 5.13. The van der Waals surface area contributed by atoms with E-state index in [1.54, 1.807) is 0 Å². The molecule has 0 aromatic heterocycles. The van der Waals surface area contributed by atoms with Gasteiger partial charge in [0.25, 0.3) is 0 Å². The summed E-state index contributed by atoms with van der Waals surface area (Å²) in [6.07, 6.45) is 0. The molecule has 0 rings (SSSR count). The fourth-order valence-electron chi connectivity index (χ4n) is 0.702. The molecule has 0 unspecified atom stereocenters. The molecular formula is O20Si21. The fraction of sp³-hybridized carbons (Fsp3) is 0. The molecular weight excluding hydrogens is 910 g/mol. The lowest BCUT2D eigenvalue weighted by Crippen LogP contribution is -2.22. The van der Waals surface area contributed by atoms with Gasteiger partial charge in [0.15, 0.2) is 0 Å². The molecule has 0 atom stereocenters. The van der Waals surface area contributed by atoms with Gasteiger partial charge in [-0.3, -0.25) is 0 Å². The van der Waals surface area contributed by atoms with Crippen molar-refractivity contribution in [2.75, 3.05) is 0 Å². The molecule has 44 radical (unpaired) electrons. The van der Waals surface area contributed by atoms with E-state index >= 15 is 0 Å². The highest BCUT2D eigenvalue weighted by molar-refractivity contribution is 6.52. The first-order chi connectivity index (χ1) is 20.4. The van der Waals surface area contributed by atoms with Crippen LogP contribution in [-0.2, 0) is 82.3 Å². The van der Waals surface area contributed by atoms with Gasteiger partial charge >= 0.3 is 190 Å². The predicted octanol–water partition coefficient (Wildman–Crippen LogP) is -9.36. The Morgan fingerprint density at radius 3 is 0.366 bits per heavy atom. The van der Waals surface area contributed by atoms with Crippen LogP contribution in [0, 0.1) is 0 Å². The van der Waals surface area contributed by atoms with E-state index in [4.69, 9.17) is 74.1 Å². The second-order valence-electron chi connectivity index (χ2n) is 3.62. The number of rotatable bonds is 38. The first-order valence-corrected chi connectivity index (χ1v) is 24.5. The van der Waals surface area contributed by atoms with Gasteiger partial charge in [-0.1, -0.05) is 0 Å². The Bertz CT molecular complexity index is 415. The van der Waals surface area contributed by atoms with Gasteiger partial charge in [-0.15, -0.1) is 0 Å². The molecule has 0 bridgehead atoms. The summed E-state index contributed by atoms with van der Waals surface area (Å²) in [7, 11) is 1.47. The highest BCUT2D eigenvalue weighted by atomic mass is 28.4. The van der Waals surface area contributed by atoms with Crippen molar-refractivity contribution in [1.82, 2.24) is 0 Å².